The molecule has 130 valence electrons. The Morgan fingerprint density at radius 3 is 2.62 bits per heavy atom. The highest BCUT2D eigenvalue weighted by Crippen LogP contribution is 2.29. The minimum atomic E-state index is -0.513. The number of aromatic nitrogens is 2. The zero-order valence-electron chi connectivity index (χ0n) is 13.6. The van der Waals surface area contributed by atoms with E-state index < -0.39 is 11.0 Å². The number of nitrogens with zero attached hydrogens (tertiary/aromatic N) is 3. The quantitative estimate of drug-likeness (QED) is 0.513. The lowest BCUT2D eigenvalue weighted by molar-refractivity contribution is -0.384. The molecular formula is C15H22N6O3. The van der Waals surface area contributed by atoms with Gasteiger partial charge < -0.3 is 16.0 Å². The average Bonchev–Trinajstić information content (AvgIpc) is 3.20. The first-order valence-electron chi connectivity index (χ1n) is 8.38. The van der Waals surface area contributed by atoms with Gasteiger partial charge in [0.25, 0.3) is 0 Å². The first-order chi connectivity index (χ1) is 11.5. The van der Waals surface area contributed by atoms with Gasteiger partial charge in [-0.05, 0) is 32.6 Å². The van der Waals surface area contributed by atoms with Crippen LogP contribution >= 0.6 is 0 Å². The zero-order chi connectivity index (χ0) is 17.1. The predicted octanol–water partition coefficient (Wildman–Crippen LogP) is 1.82. The maximum atomic E-state index is 12.2. The maximum Gasteiger partial charge on any atom is 0.329 e. The maximum absolute atomic E-state index is 12.2. The number of nitro groups is 1. The highest BCUT2D eigenvalue weighted by molar-refractivity contribution is 5.84. The molecule has 2 aliphatic carbocycles. The number of amides is 1. The lowest BCUT2D eigenvalue weighted by Crippen LogP contribution is -2.42. The Labute approximate surface area is 139 Å². The number of hydrogen-bond donors (Lipinski definition) is 3. The minimum absolute atomic E-state index is 0.111. The predicted molar refractivity (Wildman–Crippen MR) is 88.8 cm³/mol. The smallest absolute Gasteiger partial charge is 0.329 e. The van der Waals surface area contributed by atoms with Crippen LogP contribution in [0.25, 0.3) is 0 Å². The Morgan fingerprint density at radius 2 is 2.00 bits per heavy atom. The van der Waals surface area contributed by atoms with Crippen LogP contribution in [0, 0.1) is 10.1 Å². The monoisotopic (exact) mass is 334 g/mol. The molecule has 0 radical (unpaired) electrons. The second kappa shape index (κ2) is 6.98. The molecule has 3 rings (SSSR count). The van der Waals surface area contributed by atoms with Crippen LogP contribution in [0.5, 0.6) is 0 Å². The average molecular weight is 334 g/mol. The van der Waals surface area contributed by atoms with E-state index in [1.807, 2.05) is 0 Å². The van der Waals surface area contributed by atoms with E-state index in [1.165, 1.54) is 6.20 Å². The van der Waals surface area contributed by atoms with Crippen LogP contribution in [0.3, 0.4) is 0 Å². The topological polar surface area (TPSA) is 122 Å². The molecule has 9 nitrogen and oxygen atoms in total. The number of rotatable bonds is 7. The van der Waals surface area contributed by atoms with Gasteiger partial charge in [0.1, 0.15) is 12.2 Å². The fourth-order valence-corrected chi connectivity index (χ4v) is 2.76. The Bertz CT molecular complexity index is 628. The van der Waals surface area contributed by atoms with E-state index in [0.29, 0.717) is 0 Å². The first kappa shape index (κ1) is 16.4. The summed E-state index contributed by atoms with van der Waals surface area (Å²) >= 11 is 0. The van der Waals surface area contributed by atoms with E-state index >= 15 is 0 Å². The Morgan fingerprint density at radius 1 is 1.29 bits per heavy atom. The van der Waals surface area contributed by atoms with E-state index in [9.17, 15) is 14.9 Å². The second-order valence-corrected chi connectivity index (χ2v) is 6.46. The van der Waals surface area contributed by atoms with Crippen LogP contribution in [0.2, 0.25) is 0 Å². The number of carbonyl (C=O) groups is 1. The van der Waals surface area contributed by atoms with Gasteiger partial charge in [-0.25, -0.2) is 4.98 Å². The third-order valence-corrected chi connectivity index (χ3v) is 4.32. The van der Waals surface area contributed by atoms with Crippen molar-refractivity contribution in [2.45, 2.75) is 63.6 Å². The molecule has 2 aliphatic rings. The fourth-order valence-electron chi connectivity index (χ4n) is 2.76. The van der Waals surface area contributed by atoms with Gasteiger partial charge in [-0.2, -0.15) is 4.98 Å². The molecule has 1 heterocycles. The van der Waals surface area contributed by atoms with Crippen molar-refractivity contribution in [3.05, 3.63) is 16.3 Å². The van der Waals surface area contributed by atoms with Gasteiger partial charge >= 0.3 is 5.69 Å². The second-order valence-electron chi connectivity index (χ2n) is 6.46. The lowest BCUT2D eigenvalue weighted by atomic mass is 10.2. The van der Waals surface area contributed by atoms with E-state index in [0.717, 1.165) is 38.5 Å². The largest absolute Gasteiger partial charge is 0.361 e. The van der Waals surface area contributed by atoms with Crippen molar-refractivity contribution in [2.75, 3.05) is 10.6 Å². The van der Waals surface area contributed by atoms with Crippen LogP contribution in [-0.4, -0.2) is 38.9 Å². The molecule has 2 saturated carbocycles. The van der Waals surface area contributed by atoms with Gasteiger partial charge in [0.05, 0.1) is 4.92 Å². The van der Waals surface area contributed by atoms with Crippen molar-refractivity contribution < 1.29 is 9.72 Å². The van der Waals surface area contributed by atoms with Gasteiger partial charge in [-0.1, -0.05) is 12.8 Å². The number of nitrogens with one attached hydrogen (secondary N) is 3. The Hall–Kier alpha value is -2.45. The standard InChI is InChI=1S/C15H22N6O3/c1-9(14(22)19-10-4-2-3-5-10)17-15-16-8-12(21(23)24)13(20-15)18-11-6-7-11/h8-11H,2-7H2,1H3,(H,19,22)(H2,16,17,18,20)/t9-/m1/s1. The Balaban J connectivity index is 1.64. The summed E-state index contributed by atoms with van der Waals surface area (Å²) in [7, 11) is 0. The molecule has 1 amide bonds. The molecule has 2 fully saturated rings. The van der Waals surface area contributed by atoms with Crippen LogP contribution in [-0.2, 0) is 4.79 Å². The molecule has 0 aromatic carbocycles. The van der Waals surface area contributed by atoms with Gasteiger partial charge in [-0.3, -0.25) is 14.9 Å². The normalized spacial score (nSPS) is 18.9. The molecule has 9 heteroatoms. The summed E-state index contributed by atoms with van der Waals surface area (Å²) in [5.41, 5.74) is -0.157. The summed E-state index contributed by atoms with van der Waals surface area (Å²) < 4.78 is 0. The lowest BCUT2D eigenvalue weighted by Gasteiger charge is -2.18. The van der Waals surface area contributed by atoms with Crippen molar-refractivity contribution >= 4 is 23.4 Å². The molecule has 0 saturated heterocycles. The van der Waals surface area contributed by atoms with Gasteiger partial charge in [-0.15, -0.1) is 0 Å². The summed E-state index contributed by atoms with van der Waals surface area (Å²) in [6.45, 7) is 1.73. The van der Waals surface area contributed by atoms with Crippen LogP contribution in [0.1, 0.15) is 45.4 Å². The third-order valence-electron chi connectivity index (χ3n) is 4.32. The zero-order valence-corrected chi connectivity index (χ0v) is 13.6. The number of hydrogen-bond acceptors (Lipinski definition) is 7. The molecule has 24 heavy (non-hydrogen) atoms. The highest BCUT2D eigenvalue weighted by atomic mass is 16.6. The molecule has 1 aromatic heterocycles. The SMILES string of the molecule is C[C@@H](Nc1ncc([N+](=O)[O-])c(NC2CC2)n1)C(=O)NC1CCCC1. The van der Waals surface area contributed by atoms with Crippen molar-refractivity contribution in [3.8, 4) is 0 Å². The van der Waals surface area contributed by atoms with Crippen molar-refractivity contribution in [1.82, 2.24) is 15.3 Å². The molecule has 1 aromatic rings. The molecule has 0 bridgehead atoms. The van der Waals surface area contributed by atoms with Gasteiger partial charge in [0.2, 0.25) is 17.7 Å². The van der Waals surface area contributed by atoms with E-state index in [-0.39, 0.29) is 35.4 Å². The van der Waals surface area contributed by atoms with Crippen LogP contribution in [0.4, 0.5) is 17.5 Å². The number of anilines is 2. The molecule has 0 spiro atoms. The van der Waals surface area contributed by atoms with Gasteiger partial charge in [0.15, 0.2) is 0 Å². The Kier molecular flexibility index (Phi) is 4.77. The van der Waals surface area contributed by atoms with Crippen LogP contribution < -0.4 is 16.0 Å². The first-order valence-corrected chi connectivity index (χ1v) is 8.38. The molecule has 0 unspecified atom stereocenters. The summed E-state index contributed by atoms with van der Waals surface area (Å²) in [6.07, 6.45) is 7.45. The summed E-state index contributed by atoms with van der Waals surface area (Å²) in [6, 6.07) is -0.0398. The van der Waals surface area contributed by atoms with Gasteiger partial charge in [0, 0.05) is 12.1 Å². The van der Waals surface area contributed by atoms with E-state index in [1.54, 1.807) is 6.92 Å². The summed E-state index contributed by atoms with van der Waals surface area (Å²) in [4.78, 5) is 30.9. The highest BCUT2D eigenvalue weighted by Gasteiger charge is 2.27. The number of carbonyl (C=O) groups excluding carboxylic acids is 1. The van der Waals surface area contributed by atoms with Crippen molar-refractivity contribution in [1.29, 1.82) is 0 Å². The molecule has 3 N–H and O–H groups in total. The molecule has 0 aliphatic heterocycles. The summed E-state index contributed by atoms with van der Waals surface area (Å²) in [5, 5.41) is 20.0. The fraction of sp³-hybridized carbons (Fsp3) is 0.667. The van der Waals surface area contributed by atoms with Crippen molar-refractivity contribution in [3.63, 3.8) is 0 Å². The third kappa shape index (κ3) is 4.09. The molecule has 1 atom stereocenters. The van der Waals surface area contributed by atoms with Crippen molar-refractivity contribution in [2.24, 2.45) is 0 Å². The van der Waals surface area contributed by atoms with E-state index in [4.69, 9.17) is 0 Å². The van der Waals surface area contributed by atoms with E-state index in [2.05, 4.69) is 25.9 Å². The molecular weight excluding hydrogens is 312 g/mol. The van der Waals surface area contributed by atoms with Crippen LogP contribution in [0.15, 0.2) is 6.20 Å². The minimum Gasteiger partial charge on any atom is -0.361 e. The summed E-state index contributed by atoms with van der Waals surface area (Å²) in [5.74, 6) is 0.293.